The van der Waals surface area contributed by atoms with Gasteiger partial charge in [-0.05, 0) is 72.5 Å². The summed E-state index contributed by atoms with van der Waals surface area (Å²) < 4.78 is 12.6. The molecule has 0 fully saturated rings. The Kier molecular flexibility index (Phi) is 7.01. The van der Waals surface area contributed by atoms with Gasteiger partial charge < -0.3 is 15.2 Å². The minimum atomic E-state index is 0.314. The minimum absolute atomic E-state index is 0.314. The largest absolute Gasteiger partial charge is 0.497 e. The molecule has 1 aromatic heterocycles. The third-order valence-electron chi connectivity index (χ3n) is 4.66. The van der Waals surface area contributed by atoms with Gasteiger partial charge in [0.1, 0.15) is 11.5 Å². The fourth-order valence-corrected chi connectivity index (χ4v) is 4.11. The molecule has 0 saturated carbocycles. The van der Waals surface area contributed by atoms with Gasteiger partial charge in [0.05, 0.1) is 25.6 Å². The van der Waals surface area contributed by atoms with Crippen LogP contribution in [-0.4, -0.2) is 33.9 Å². The summed E-state index contributed by atoms with van der Waals surface area (Å²) in [5, 5.41) is 0.864. The van der Waals surface area contributed by atoms with Crippen LogP contribution in [-0.2, 0) is 0 Å². The maximum atomic E-state index is 6.29. The highest BCUT2D eigenvalue weighted by molar-refractivity contribution is 8.13. The van der Waals surface area contributed by atoms with Crippen molar-refractivity contribution in [1.29, 1.82) is 0 Å². The number of benzene rings is 3. The Morgan fingerprint density at radius 1 is 0.879 bits per heavy atom. The molecule has 0 bridgehead atoms. The molecule has 0 aliphatic rings. The molecule has 166 valence electrons. The van der Waals surface area contributed by atoms with E-state index in [-0.39, 0.29) is 0 Å². The van der Waals surface area contributed by atoms with Crippen molar-refractivity contribution < 1.29 is 9.47 Å². The highest BCUT2D eigenvalue weighted by Crippen LogP contribution is 2.27. The number of ether oxygens (including phenoxy) is 2. The van der Waals surface area contributed by atoms with Gasteiger partial charge in [-0.1, -0.05) is 30.3 Å². The summed E-state index contributed by atoms with van der Waals surface area (Å²) in [6.07, 6.45) is 0. The molecule has 4 aromatic rings. The van der Waals surface area contributed by atoms with Crippen molar-refractivity contribution in [1.82, 2.24) is 14.5 Å². The number of nitrogens with two attached hydrogens (primary N) is 1. The first-order chi connectivity index (χ1) is 16.1. The molecule has 0 aliphatic carbocycles. The van der Waals surface area contributed by atoms with Crippen LogP contribution in [0.1, 0.15) is 0 Å². The zero-order chi connectivity index (χ0) is 23.2. The number of aliphatic imine (C=N–C) groups is 1. The molecule has 0 unspecified atom stereocenters. The van der Waals surface area contributed by atoms with Crippen molar-refractivity contribution in [3.8, 4) is 28.6 Å². The van der Waals surface area contributed by atoms with E-state index in [4.69, 9.17) is 32.4 Å². The summed E-state index contributed by atoms with van der Waals surface area (Å²) in [5.74, 6) is 2.00. The van der Waals surface area contributed by atoms with Crippen molar-refractivity contribution in [2.45, 2.75) is 5.16 Å². The Bertz CT molecular complexity index is 1320. The van der Waals surface area contributed by atoms with Crippen LogP contribution < -0.4 is 15.2 Å². The average molecular weight is 476 g/mol. The van der Waals surface area contributed by atoms with E-state index in [1.54, 1.807) is 18.8 Å². The molecular formula is C24H21N5O2S2. The van der Waals surface area contributed by atoms with E-state index in [1.165, 1.54) is 11.8 Å². The molecule has 0 spiro atoms. The van der Waals surface area contributed by atoms with Gasteiger partial charge in [0.2, 0.25) is 4.77 Å². The second-order valence-electron chi connectivity index (χ2n) is 6.76. The summed E-state index contributed by atoms with van der Waals surface area (Å²) in [4.78, 5) is 13.8. The molecule has 3 aromatic carbocycles. The first-order valence-corrected chi connectivity index (χ1v) is 11.2. The molecule has 0 atom stereocenters. The third-order valence-corrected chi connectivity index (χ3v) is 5.69. The highest BCUT2D eigenvalue weighted by atomic mass is 32.2. The topological polar surface area (TPSA) is 87.5 Å². The summed E-state index contributed by atoms with van der Waals surface area (Å²) in [6.45, 7) is 0. The maximum absolute atomic E-state index is 6.29. The standard InChI is InChI=1S/C24H21N5O2S2/c1-30-19-12-8-17(9-13-19)26-22(25)33-24-28-21(16-6-4-3-5-7-16)27-23(32)29(24)18-10-14-20(31-2)15-11-18/h3-15H,1-2H3,(H2,25,26). The number of aromatic nitrogens is 3. The average Bonchev–Trinajstić information content (AvgIpc) is 2.85. The lowest BCUT2D eigenvalue weighted by molar-refractivity contribution is 0.414. The lowest BCUT2D eigenvalue weighted by Crippen LogP contribution is -2.12. The van der Waals surface area contributed by atoms with Crippen LogP contribution in [0.25, 0.3) is 17.1 Å². The van der Waals surface area contributed by atoms with Crippen LogP contribution in [0.2, 0.25) is 0 Å². The molecule has 2 N–H and O–H groups in total. The minimum Gasteiger partial charge on any atom is -0.497 e. The van der Waals surface area contributed by atoms with Crippen LogP contribution in [0.5, 0.6) is 11.5 Å². The van der Waals surface area contributed by atoms with E-state index in [2.05, 4.69) is 9.98 Å². The zero-order valence-electron chi connectivity index (χ0n) is 18.0. The summed E-state index contributed by atoms with van der Waals surface area (Å²) in [7, 11) is 3.24. The predicted molar refractivity (Wildman–Crippen MR) is 134 cm³/mol. The monoisotopic (exact) mass is 475 g/mol. The van der Waals surface area contributed by atoms with Gasteiger partial charge in [0, 0.05) is 5.56 Å². The second kappa shape index (κ2) is 10.3. The first-order valence-electron chi connectivity index (χ1n) is 9.94. The van der Waals surface area contributed by atoms with Gasteiger partial charge in [0.25, 0.3) is 0 Å². The normalized spacial score (nSPS) is 11.3. The second-order valence-corrected chi connectivity index (χ2v) is 8.11. The van der Waals surface area contributed by atoms with Crippen molar-refractivity contribution in [3.05, 3.63) is 83.6 Å². The van der Waals surface area contributed by atoms with Crippen molar-refractivity contribution in [3.63, 3.8) is 0 Å². The quantitative estimate of drug-likeness (QED) is 0.172. The van der Waals surface area contributed by atoms with E-state index in [9.17, 15) is 0 Å². The molecule has 0 saturated heterocycles. The van der Waals surface area contributed by atoms with E-state index in [0.29, 0.717) is 26.6 Å². The molecule has 1 heterocycles. The highest BCUT2D eigenvalue weighted by Gasteiger charge is 2.14. The van der Waals surface area contributed by atoms with E-state index < -0.39 is 0 Å². The number of hydrogen-bond donors (Lipinski definition) is 1. The Hall–Kier alpha value is -3.69. The Morgan fingerprint density at radius 3 is 2.09 bits per heavy atom. The Morgan fingerprint density at radius 2 is 1.48 bits per heavy atom. The lowest BCUT2D eigenvalue weighted by atomic mass is 10.2. The molecule has 0 aliphatic heterocycles. The summed E-state index contributed by atoms with van der Waals surface area (Å²) in [6, 6.07) is 24.5. The molecule has 0 radical (unpaired) electrons. The molecule has 7 nitrogen and oxygen atoms in total. The van der Waals surface area contributed by atoms with Crippen LogP contribution in [0.3, 0.4) is 0 Å². The molecule has 33 heavy (non-hydrogen) atoms. The van der Waals surface area contributed by atoms with Crippen molar-refractivity contribution in [2.75, 3.05) is 14.2 Å². The van der Waals surface area contributed by atoms with Crippen LogP contribution in [0.15, 0.2) is 89.0 Å². The first kappa shape index (κ1) is 22.5. The lowest BCUT2D eigenvalue weighted by Gasteiger charge is -2.14. The van der Waals surface area contributed by atoms with Gasteiger partial charge >= 0.3 is 0 Å². The third kappa shape index (κ3) is 5.39. The number of hydrogen-bond acceptors (Lipinski definition) is 7. The fraction of sp³-hybridized carbons (Fsp3) is 0.0833. The number of rotatable bonds is 6. The van der Waals surface area contributed by atoms with Crippen LogP contribution in [0.4, 0.5) is 5.69 Å². The Balaban J connectivity index is 1.77. The number of methoxy groups -OCH3 is 2. The van der Waals surface area contributed by atoms with Gasteiger partial charge in [0.15, 0.2) is 16.1 Å². The number of thioether (sulfide) groups is 1. The van der Waals surface area contributed by atoms with Gasteiger partial charge in [-0.25, -0.2) is 9.98 Å². The van der Waals surface area contributed by atoms with Crippen molar-refractivity contribution >= 4 is 34.8 Å². The molecular weight excluding hydrogens is 454 g/mol. The number of amidine groups is 1. The zero-order valence-corrected chi connectivity index (χ0v) is 19.6. The number of nitrogens with zero attached hydrogens (tertiary/aromatic N) is 4. The maximum Gasteiger partial charge on any atom is 0.208 e. The van der Waals surface area contributed by atoms with Crippen LogP contribution in [0, 0.1) is 4.77 Å². The summed E-state index contributed by atoms with van der Waals surface area (Å²) in [5.41, 5.74) is 8.65. The molecule has 0 amide bonds. The van der Waals surface area contributed by atoms with E-state index in [0.717, 1.165) is 22.7 Å². The van der Waals surface area contributed by atoms with Gasteiger partial charge in [-0.3, -0.25) is 4.57 Å². The van der Waals surface area contributed by atoms with Gasteiger partial charge in [-0.2, -0.15) is 4.98 Å². The molecule has 4 rings (SSSR count). The summed E-state index contributed by atoms with van der Waals surface area (Å²) >= 11 is 6.87. The van der Waals surface area contributed by atoms with E-state index >= 15 is 0 Å². The Labute approximate surface area is 201 Å². The molecule has 9 heteroatoms. The van der Waals surface area contributed by atoms with E-state index in [1.807, 2.05) is 78.9 Å². The van der Waals surface area contributed by atoms with Crippen molar-refractivity contribution in [2.24, 2.45) is 10.7 Å². The van der Waals surface area contributed by atoms with Crippen LogP contribution >= 0.6 is 24.0 Å². The fourth-order valence-electron chi connectivity index (χ4n) is 3.03. The van der Waals surface area contributed by atoms with Gasteiger partial charge in [-0.15, -0.1) is 0 Å². The predicted octanol–water partition coefficient (Wildman–Crippen LogP) is 5.42. The smallest absolute Gasteiger partial charge is 0.208 e. The SMILES string of the molecule is COc1ccc(N=C(N)Sc2nc(-c3ccccc3)nc(=S)n2-c2ccc(OC)cc2)cc1.